The van der Waals surface area contributed by atoms with Crippen LogP contribution in [-0.4, -0.2) is 119 Å². The first kappa shape index (κ1) is 38.6. The van der Waals surface area contributed by atoms with E-state index >= 15 is 0 Å². The highest BCUT2D eigenvalue weighted by Gasteiger charge is 2.37. The van der Waals surface area contributed by atoms with Gasteiger partial charge in [-0.3, -0.25) is 9.59 Å². The van der Waals surface area contributed by atoms with E-state index in [2.05, 4.69) is 32.7 Å². The van der Waals surface area contributed by atoms with E-state index in [1.165, 1.54) is 0 Å². The second-order valence-electron chi connectivity index (χ2n) is 14.6. The van der Waals surface area contributed by atoms with Crippen molar-refractivity contribution >= 4 is 51.7 Å². The predicted octanol–water partition coefficient (Wildman–Crippen LogP) is 6.06. The number of urea groups is 1. The zero-order valence-electron chi connectivity index (χ0n) is 30.6. The van der Waals surface area contributed by atoms with Crippen molar-refractivity contribution in [3.05, 3.63) is 64.1 Å². The van der Waals surface area contributed by atoms with Crippen LogP contribution >= 0.6 is 15.9 Å². The Morgan fingerprint density at radius 3 is 2.34 bits per heavy atom. The summed E-state index contributed by atoms with van der Waals surface area (Å²) in [4.78, 5) is 60.8. The van der Waals surface area contributed by atoms with Gasteiger partial charge in [-0.2, -0.15) is 0 Å². The monoisotopic (exact) mass is 793 g/mol. The molecule has 0 saturated carbocycles. The van der Waals surface area contributed by atoms with E-state index in [4.69, 9.17) is 9.47 Å². The molecule has 4 aliphatic rings. The number of halogens is 1. The number of phenols is 1. The van der Waals surface area contributed by atoms with Gasteiger partial charge in [-0.25, -0.2) is 9.59 Å². The molecular weight excluding hydrogens is 742 g/mol. The summed E-state index contributed by atoms with van der Waals surface area (Å²) in [6.45, 7) is 10.4. The fraction of sp³-hybridized carbons (Fsp3) is 0.550. The number of rotatable bonds is 10. The number of nitrogens with zero attached hydrogens (tertiary/aromatic N) is 4. The fourth-order valence-electron chi connectivity index (χ4n) is 8.27. The third kappa shape index (κ3) is 9.53. The molecule has 13 heteroatoms. The number of anilines is 1. The molecule has 6 rings (SSSR count). The van der Waals surface area contributed by atoms with Gasteiger partial charge in [-0.05, 0) is 116 Å². The fourth-order valence-corrected chi connectivity index (χ4v) is 8.80. The molecule has 3 fully saturated rings. The van der Waals surface area contributed by atoms with Crippen molar-refractivity contribution in [3.63, 3.8) is 0 Å². The molecule has 2 aromatic carbocycles. The number of carbonyl (C=O) groups is 4. The quantitative estimate of drug-likeness (QED) is 0.278. The van der Waals surface area contributed by atoms with Crippen LogP contribution in [0.5, 0.6) is 5.75 Å². The predicted molar refractivity (Wildman–Crippen MR) is 205 cm³/mol. The number of phenolic OH excluding ortho intramolecular Hbond substituents is 1. The van der Waals surface area contributed by atoms with E-state index < -0.39 is 12.2 Å². The van der Waals surface area contributed by atoms with Gasteiger partial charge in [0.05, 0.1) is 11.1 Å². The Balaban J connectivity index is 1.06. The zero-order valence-corrected chi connectivity index (χ0v) is 32.2. The molecule has 4 aliphatic heterocycles. The topological polar surface area (TPSA) is 132 Å². The molecule has 2 aromatic rings. The van der Waals surface area contributed by atoms with E-state index in [1.54, 1.807) is 23.1 Å². The van der Waals surface area contributed by atoms with Gasteiger partial charge >= 0.3 is 18.1 Å². The Labute approximate surface area is 320 Å². The Kier molecular flexibility index (Phi) is 13.0. The number of ether oxygens (including phenoxy) is 2. The lowest BCUT2D eigenvalue weighted by Crippen LogP contribution is -2.53. The number of nitrogens with one attached hydrogen (secondary N) is 1. The van der Waals surface area contributed by atoms with Crippen molar-refractivity contribution in [3.8, 4) is 5.75 Å². The number of carbonyl (C=O) groups excluding carboxylic acids is 4. The number of likely N-dealkylation sites (tertiary alicyclic amines) is 3. The Morgan fingerprint density at radius 1 is 0.962 bits per heavy atom. The van der Waals surface area contributed by atoms with Crippen LogP contribution in [0.15, 0.2) is 47.4 Å². The van der Waals surface area contributed by atoms with Gasteiger partial charge in [0.15, 0.2) is 6.10 Å². The molecule has 0 bridgehead atoms. The molecule has 1 atom stereocenters. The molecule has 3 saturated heterocycles. The first-order chi connectivity index (χ1) is 25.6. The lowest BCUT2D eigenvalue weighted by atomic mass is 9.91. The highest BCUT2D eigenvalue weighted by atomic mass is 79.9. The van der Waals surface area contributed by atoms with Crippen LogP contribution in [0.1, 0.15) is 68.6 Å². The van der Waals surface area contributed by atoms with Crippen LogP contribution in [0.4, 0.5) is 15.3 Å². The number of aromatic hydroxyl groups is 1. The van der Waals surface area contributed by atoms with E-state index in [0.717, 1.165) is 62.0 Å². The maximum Gasteiger partial charge on any atom is 0.410 e. The van der Waals surface area contributed by atoms with Crippen LogP contribution in [0.2, 0.25) is 0 Å². The minimum Gasteiger partial charge on any atom is -0.506 e. The van der Waals surface area contributed by atoms with Gasteiger partial charge < -0.3 is 39.5 Å². The van der Waals surface area contributed by atoms with Gasteiger partial charge in [0.2, 0.25) is 0 Å². The number of para-hydroxylation sites is 1. The highest BCUT2D eigenvalue weighted by Crippen LogP contribution is 2.32. The minimum atomic E-state index is -1.06. The van der Waals surface area contributed by atoms with Crippen molar-refractivity contribution in [2.75, 3.05) is 57.7 Å². The number of fused-ring (bicyclic) bond motifs is 1. The molecular formula is C40H52BrN5O7. The molecule has 4 amide bonds. The van der Waals surface area contributed by atoms with Gasteiger partial charge in [-0.15, -0.1) is 0 Å². The average Bonchev–Trinajstić information content (AvgIpc) is 3.34. The van der Waals surface area contributed by atoms with Gasteiger partial charge in [0, 0.05) is 68.9 Å². The van der Waals surface area contributed by atoms with Crippen molar-refractivity contribution in [1.82, 2.24) is 19.6 Å². The van der Waals surface area contributed by atoms with E-state index in [0.29, 0.717) is 80.6 Å². The molecule has 12 nitrogen and oxygen atoms in total. The molecule has 2 N–H and O–H groups in total. The number of benzene rings is 2. The van der Waals surface area contributed by atoms with Gasteiger partial charge in [0.1, 0.15) is 5.75 Å². The summed E-state index contributed by atoms with van der Waals surface area (Å²) in [5.41, 5.74) is 3.19. The molecule has 0 spiro atoms. The Bertz CT molecular complexity index is 1650. The Morgan fingerprint density at radius 2 is 1.64 bits per heavy atom. The van der Waals surface area contributed by atoms with Crippen molar-refractivity contribution in [1.29, 1.82) is 0 Å². The van der Waals surface area contributed by atoms with Gasteiger partial charge in [0.25, 0.3) is 5.91 Å². The number of amides is 4. The molecule has 4 heterocycles. The summed E-state index contributed by atoms with van der Waals surface area (Å²) in [6, 6.07) is 11.6. The van der Waals surface area contributed by atoms with Crippen LogP contribution < -0.4 is 5.32 Å². The summed E-state index contributed by atoms with van der Waals surface area (Å²) in [7, 11) is 0. The zero-order chi connectivity index (χ0) is 37.5. The third-order valence-corrected chi connectivity index (χ3v) is 11.9. The van der Waals surface area contributed by atoms with Crippen molar-refractivity contribution in [2.24, 2.45) is 5.92 Å². The first-order valence-electron chi connectivity index (χ1n) is 19.1. The molecule has 0 aliphatic carbocycles. The maximum absolute atomic E-state index is 14.2. The lowest BCUT2D eigenvalue weighted by Gasteiger charge is -2.42. The van der Waals surface area contributed by atoms with E-state index in [9.17, 15) is 24.3 Å². The second-order valence-corrected chi connectivity index (χ2v) is 15.4. The molecule has 0 unspecified atom stereocenters. The molecule has 286 valence electrons. The average molecular weight is 795 g/mol. The summed E-state index contributed by atoms with van der Waals surface area (Å²) >= 11 is 3.41. The van der Waals surface area contributed by atoms with Crippen molar-refractivity contribution < 1.29 is 33.8 Å². The standard InChI is InChI=1S/C40H52BrN5O7/c1-3-29-23-28(24-33(41)37(29)48)25-35(38(49)44-18-12-31(13-19-44)43-16-9-27(10-17-43)26-36(47)52-4-2)53-40(51)45-20-14-32(15-21-45)46-22-11-30-7-5-6-8-34(30)42-39(46)50/h3,5-8,23-24,27,31-32,35,48H,1,4,9-22,25-26H2,2H3,(H,42,50)/t35-/m1/s1. The van der Waals surface area contributed by atoms with Crippen LogP contribution in [0.25, 0.3) is 6.08 Å². The highest BCUT2D eigenvalue weighted by molar-refractivity contribution is 9.10. The Hall–Kier alpha value is -4.10. The number of esters is 1. The second kappa shape index (κ2) is 17.8. The number of piperidine rings is 3. The summed E-state index contributed by atoms with van der Waals surface area (Å²) < 4.78 is 11.7. The number of hydrogen-bond donors (Lipinski definition) is 2. The van der Waals surface area contributed by atoms with Gasteiger partial charge in [-0.1, -0.05) is 30.9 Å². The summed E-state index contributed by atoms with van der Waals surface area (Å²) in [5, 5.41) is 13.5. The normalized spacial score (nSPS) is 19.9. The summed E-state index contributed by atoms with van der Waals surface area (Å²) in [5.74, 6) is 0.0539. The van der Waals surface area contributed by atoms with Crippen LogP contribution in [0, 0.1) is 5.92 Å². The lowest BCUT2D eigenvalue weighted by molar-refractivity contribution is -0.144. The molecule has 0 radical (unpaired) electrons. The smallest absolute Gasteiger partial charge is 0.410 e. The van der Waals surface area contributed by atoms with Crippen LogP contribution in [0.3, 0.4) is 0 Å². The first-order valence-corrected chi connectivity index (χ1v) is 19.9. The molecule has 0 aromatic heterocycles. The SMILES string of the molecule is C=Cc1cc(C[C@@H](OC(=O)N2CCC(N3CCc4ccccc4NC3=O)CC2)C(=O)N2CCC(N3CCC(CC(=O)OCC)CC3)CC2)cc(Br)c1O. The van der Waals surface area contributed by atoms with Crippen molar-refractivity contribution in [2.45, 2.75) is 82.9 Å². The van der Waals surface area contributed by atoms with E-state index in [-0.39, 0.29) is 36.1 Å². The maximum atomic E-state index is 14.2. The van der Waals surface area contributed by atoms with Crippen LogP contribution in [-0.2, 0) is 31.9 Å². The molecule has 53 heavy (non-hydrogen) atoms. The van der Waals surface area contributed by atoms with E-state index in [1.807, 2.05) is 41.0 Å². The third-order valence-electron chi connectivity index (χ3n) is 11.3. The number of hydrogen-bond acceptors (Lipinski definition) is 8. The largest absolute Gasteiger partial charge is 0.506 e. The minimum absolute atomic E-state index is 0.0119. The summed E-state index contributed by atoms with van der Waals surface area (Å²) in [6.07, 6.45) is 6.11.